The number of ether oxygens (including phenoxy) is 1. The summed E-state index contributed by atoms with van der Waals surface area (Å²) in [5.41, 5.74) is 4.55. The zero-order chi connectivity index (χ0) is 28.1. The predicted octanol–water partition coefficient (Wildman–Crippen LogP) is 8.04. The lowest BCUT2D eigenvalue weighted by Gasteiger charge is -2.24. The number of rotatable bonds is 10. The van der Waals surface area contributed by atoms with Gasteiger partial charge in [0.25, 0.3) is 0 Å². The minimum absolute atomic E-state index is 0.116. The molecule has 4 rings (SSSR count). The highest BCUT2D eigenvalue weighted by molar-refractivity contribution is 6.32. The van der Waals surface area contributed by atoms with Gasteiger partial charge in [-0.3, -0.25) is 0 Å². The molecule has 0 unspecified atom stereocenters. The SMILES string of the molecule is C#Cc1ccc(CN(c2cccc(F)c2)c2cc(C(=O)O)n(CCCOc3cc(C)c(Cl)c(C)c3)c2)cc1Cl. The summed E-state index contributed by atoms with van der Waals surface area (Å²) in [5.74, 6) is 1.78. The molecule has 0 spiro atoms. The molecule has 0 saturated carbocycles. The van der Waals surface area contributed by atoms with E-state index in [-0.39, 0.29) is 5.69 Å². The number of aromatic nitrogens is 1. The van der Waals surface area contributed by atoms with E-state index in [9.17, 15) is 14.3 Å². The van der Waals surface area contributed by atoms with Gasteiger partial charge in [-0.1, -0.05) is 41.3 Å². The summed E-state index contributed by atoms with van der Waals surface area (Å²) < 4.78 is 21.7. The van der Waals surface area contributed by atoms with Gasteiger partial charge in [0.1, 0.15) is 17.3 Å². The van der Waals surface area contributed by atoms with Gasteiger partial charge in [0.2, 0.25) is 0 Å². The first kappa shape index (κ1) is 28.1. The van der Waals surface area contributed by atoms with Crippen LogP contribution >= 0.6 is 23.2 Å². The highest BCUT2D eigenvalue weighted by Gasteiger charge is 2.19. The molecule has 0 aliphatic carbocycles. The number of benzene rings is 3. The quantitative estimate of drug-likeness (QED) is 0.156. The number of halogens is 3. The van der Waals surface area contributed by atoms with E-state index in [1.165, 1.54) is 12.1 Å². The lowest BCUT2D eigenvalue weighted by atomic mass is 10.1. The van der Waals surface area contributed by atoms with Crippen molar-refractivity contribution in [2.75, 3.05) is 11.5 Å². The minimum atomic E-state index is -1.06. The van der Waals surface area contributed by atoms with Crippen LogP contribution in [0.1, 0.15) is 39.2 Å². The zero-order valence-electron chi connectivity index (χ0n) is 21.5. The summed E-state index contributed by atoms with van der Waals surface area (Å²) >= 11 is 12.6. The van der Waals surface area contributed by atoms with Gasteiger partial charge in [0, 0.05) is 35.6 Å². The third-order valence-corrected chi connectivity index (χ3v) is 7.19. The van der Waals surface area contributed by atoms with Gasteiger partial charge in [-0.15, -0.1) is 6.42 Å². The van der Waals surface area contributed by atoms with Crippen LogP contribution < -0.4 is 9.64 Å². The second-order valence-electron chi connectivity index (χ2n) is 9.18. The van der Waals surface area contributed by atoms with Crippen molar-refractivity contribution in [2.45, 2.75) is 33.4 Å². The van der Waals surface area contributed by atoms with Gasteiger partial charge in [0.15, 0.2) is 0 Å². The molecule has 4 aromatic rings. The van der Waals surface area contributed by atoms with Crippen molar-refractivity contribution >= 4 is 40.5 Å². The van der Waals surface area contributed by atoms with Gasteiger partial charge in [-0.05, 0) is 85.5 Å². The van der Waals surface area contributed by atoms with E-state index >= 15 is 0 Å². The van der Waals surface area contributed by atoms with Crippen molar-refractivity contribution in [1.29, 1.82) is 0 Å². The van der Waals surface area contributed by atoms with E-state index in [1.54, 1.807) is 41.1 Å². The fraction of sp³-hybridized carbons (Fsp3) is 0.194. The van der Waals surface area contributed by atoms with Gasteiger partial charge < -0.3 is 19.3 Å². The molecule has 1 N–H and O–H groups in total. The average molecular weight is 565 g/mol. The molecule has 0 aliphatic rings. The third-order valence-electron chi connectivity index (χ3n) is 6.28. The number of hydrogen-bond donors (Lipinski definition) is 1. The smallest absolute Gasteiger partial charge is 0.352 e. The predicted molar refractivity (Wildman–Crippen MR) is 154 cm³/mol. The summed E-state index contributed by atoms with van der Waals surface area (Å²) in [7, 11) is 0. The highest BCUT2D eigenvalue weighted by atomic mass is 35.5. The van der Waals surface area contributed by atoms with Crippen LogP contribution in [0.3, 0.4) is 0 Å². The molecule has 1 heterocycles. The first-order valence-electron chi connectivity index (χ1n) is 12.3. The molecule has 0 radical (unpaired) electrons. The third kappa shape index (κ3) is 6.75. The number of anilines is 2. The number of terminal acetylenes is 1. The van der Waals surface area contributed by atoms with Gasteiger partial charge in [0.05, 0.1) is 17.3 Å². The molecule has 0 atom stereocenters. The normalized spacial score (nSPS) is 10.8. The maximum atomic E-state index is 14.2. The largest absolute Gasteiger partial charge is 0.494 e. The molecule has 200 valence electrons. The van der Waals surface area contributed by atoms with Crippen LogP contribution in [0.5, 0.6) is 5.75 Å². The van der Waals surface area contributed by atoms with Gasteiger partial charge in [-0.25, -0.2) is 9.18 Å². The van der Waals surface area contributed by atoms with Crippen LogP contribution in [0.25, 0.3) is 0 Å². The Bertz CT molecular complexity index is 1530. The molecule has 0 fully saturated rings. The number of aryl methyl sites for hydroxylation is 3. The molecule has 1 aromatic heterocycles. The van der Waals surface area contributed by atoms with Crippen molar-refractivity contribution in [3.05, 3.63) is 111 Å². The average Bonchev–Trinajstić information content (AvgIpc) is 3.32. The van der Waals surface area contributed by atoms with Crippen molar-refractivity contribution in [2.24, 2.45) is 0 Å². The van der Waals surface area contributed by atoms with E-state index in [0.717, 1.165) is 16.7 Å². The second kappa shape index (κ2) is 12.3. The van der Waals surface area contributed by atoms with Crippen LogP contribution in [0.2, 0.25) is 10.0 Å². The summed E-state index contributed by atoms with van der Waals surface area (Å²) in [5, 5.41) is 11.0. The van der Waals surface area contributed by atoms with Crippen LogP contribution in [0.15, 0.2) is 66.9 Å². The van der Waals surface area contributed by atoms with Crippen LogP contribution in [0.4, 0.5) is 15.8 Å². The Morgan fingerprint density at radius 3 is 2.46 bits per heavy atom. The lowest BCUT2D eigenvalue weighted by Crippen LogP contribution is -2.16. The topological polar surface area (TPSA) is 54.7 Å². The first-order chi connectivity index (χ1) is 18.7. The molecular formula is C31H27Cl2FN2O3. The fourth-order valence-electron chi connectivity index (χ4n) is 4.35. The van der Waals surface area contributed by atoms with Crippen LogP contribution in [-0.4, -0.2) is 22.2 Å². The number of hydrogen-bond acceptors (Lipinski definition) is 3. The Morgan fingerprint density at radius 1 is 1.08 bits per heavy atom. The van der Waals surface area contributed by atoms with E-state index in [4.69, 9.17) is 34.4 Å². The molecule has 0 bridgehead atoms. The van der Waals surface area contributed by atoms with Gasteiger partial charge >= 0.3 is 5.97 Å². The maximum absolute atomic E-state index is 14.2. The first-order valence-corrected chi connectivity index (χ1v) is 13.0. The van der Waals surface area contributed by atoms with Crippen molar-refractivity contribution < 1.29 is 19.0 Å². The molecule has 5 nitrogen and oxygen atoms in total. The molecule has 0 aliphatic heterocycles. The van der Waals surface area contributed by atoms with Crippen molar-refractivity contribution in [1.82, 2.24) is 4.57 Å². The Hall–Kier alpha value is -3.92. The molecule has 0 saturated heterocycles. The van der Waals surface area contributed by atoms with E-state index in [2.05, 4.69) is 5.92 Å². The Kier molecular flexibility index (Phi) is 8.86. The second-order valence-corrected chi connectivity index (χ2v) is 9.96. The molecular weight excluding hydrogens is 538 g/mol. The Morgan fingerprint density at radius 2 is 1.82 bits per heavy atom. The van der Waals surface area contributed by atoms with Gasteiger partial charge in [-0.2, -0.15) is 0 Å². The summed E-state index contributed by atoms with van der Waals surface area (Å²) in [6.07, 6.45) is 7.81. The number of nitrogens with zero attached hydrogens (tertiary/aromatic N) is 2. The summed E-state index contributed by atoms with van der Waals surface area (Å²) in [4.78, 5) is 13.9. The van der Waals surface area contributed by atoms with Crippen LogP contribution in [0, 0.1) is 32.0 Å². The number of carbonyl (C=O) groups is 1. The molecule has 39 heavy (non-hydrogen) atoms. The number of carboxylic acids is 1. The molecule has 8 heteroatoms. The van der Waals surface area contributed by atoms with E-state index in [0.29, 0.717) is 58.9 Å². The highest BCUT2D eigenvalue weighted by Crippen LogP contribution is 2.31. The number of carboxylic acid groups (broad SMARTS) is 1. The van der Waals surface area contributed by atoms with Crippen molar-refractivity contribution in [3.63, 3.8) is 0 Å². The Labute approximate surface area is 237 Å². The summed E-state index contributed by atoms with van der Waals surface area (Å²) in [6, 6.07) is 16.8. The number of aromatic carboxylic acids is 1. The molecule has 0 amide bonds. The minimum Gasteiger partial charge on any atom is -0.494 e. The van der Waals surface area contributed by atoms with E-state index < -0.39 is 11.8 Å². The Balaban J connectivity index is 1.58. The zero-order valence-corrected chi connectivity index (χ0v) is 23.1. The standard InChI is InChI=1S/C31H27Cl2FN2O3/c1-4-23-10-9-22(15-28(23)32)18-36(25-8-5-7-24(34)16-25)26-17-29(31(37)38)35(19-26)11-6-12-39-27-13-20(2)30(33)21(3)14-27/h1,5,7-10,13-17,19H,6,11-12,18H2,2-3H3,(H,37,38). The maximum Gasteiger partial charge on any atom is 0.352 e. The van der Waals surface area contributed by atoms with Crippen molar-refractivity contribution in [3.8, 4) is 18.1 Å². The molecule has 3 aromatic carbocycles. The fourth-order valence-corrected chi connectivity index (χ4v) is 4.72. The summed E-state index contributed by atoms with van der Waals surface area (Å²) in [6.45, 7) is 4.96. The van der Waals surface area contributed by atoms with E-state index in [1.807, 2.05) is 36.9 Å². The monoisotopic (exact) mass is 564 g/mol. The lowest BCUT2D eigenvalue weighted by molar-refractivity contribution is 0.0684. The van der Waals surface area contributed by atoms with Crippen LogP contribution in [-0.2, 0) is 13.1 Å².